The minimum atomic E-state index is -0.575. The summed E-state index contributed by atoms with van der Waals surface area (Å²) in [5.74, 6) is 0.361. The quantitative estimate of drug-likeness (QED) is 0.716. The summed E-state index contributed by atoms with van der Waals surface area (Å²) in [5.41, 5.74) is -0.575. The molecule has 1 aromatic rings. The Morgan fingerprint density at radius 2 is 2.44 bits per heavy atom. The number of furan rings is 1. The van der Waals surface area contributed by atoms with E-state index < -0.39 is 5.54 Å². The average Bonchev–Trinajstić information content (AvgIpc) is 2.79. The third-order valence-corrected chi connectivity index (χ3v) is 2.49. The van der Waals surface area contributed by atoms with E-state index in [1.807, 2.05) is 6.92 Å². The number of carbonyl (C=O) groups is 1. The Balaban J connectivity index is 2.56. The fraction of sp³-hybridized carbons (Fsp3) is 0.462. The van der Waals surface area contributed by atoms with Gasteiger partial charge in [-0.15, -0.1) is 0 Å². The molecule has 100 valence electrons. The molecule has 0 spiro atoms. The fourth-order valence-corrected chi connectivity index (χ4v) is 1.62. The highest BCUT2D eigenvalue weighted by Gasteiger charge is 2.24. The van der Waals surface area contributed by atoms with Crippen LogP contribution in [0, 0.1) is 0 Å². The van der Waals surface area contributed by atoms with Crippen molar-refractivity contribution in [3.63, 3.8) is 0 Å². The van der Waals surface area contributed by atoms with Gasteiger partial charge in [0.1, 0.15) is 5.76 Å². The van der Waals surface area contributed by atoms with Crippen molar-refractivity contribution >= 4 is 12.0 Å². The van der Waals surface area contributed by atoms with Crippen molar-refractivity contribution in [2.75, 3.05) is 20.3 Å². The first-order valence-corrected chi connectivity index (χ1v) is 5.73. The van der Waals surface area contributed by atoms with Gasteiger partial charge in [-0.3, -0.25) is 4.79 Å². The molecule has 0 aliphatic carbocycles. The highest BCUT2D eigenvalue weighted by molar-refractivity contribution is 5.91. The van der Waals surface area contributed by atoms with E-state index >= 15 is 0 Å². The summed E-state index contributed by atoms with van der Waals surface area (Å²) in [6.45, 7) is 2.15. The van der Waals surface area contributed by atoms with Crippen LogP contribution in [0.3, 0.4) is 0 Å². The third kappa shape index (κ3) is 4.73. The van der Waals surface area contributed by atoms with Crippen molar-refractivity contribution in [2.45, 2.75) is 18.9 Å². The van der Waals surface area contributed by atoms with Gasteiger partial charge in [0.2, 0.25) is 5.91 Å². The second kappa shape index (κ2) is 6.98. The standard InChI is InChI=1S/C13H19NO4/c1-13(7-8-15,10-17-2)14-12(16)6-5-11-4-3-9-18-11/h3-6,9,15H,7-8,10H2,1-2H3,(H,14,16)/b6-5+. The van der Waals surface area contributed by atoms with E-state index in [4.69, 9.17) is 14.3 Å². The van der Waals surface area contributed by atoms with Gasteiger partial charge in [0.15, 0.2) is 0 Å². The van der Waals surface area contributed by atoms with E-state index in [0.29, 0.717) is 18.8 Å². The van der Waals surface area contributed by atoms with Crippen molar-refractivity contribution in [2.24, 2.45) is 0 Å². The SMILES string of the molecule is COCC(C)(CCO)NC(=O)/C=C/c1ccco1. The zero-order valence-electron chi connectivity index (χ0n) is 10.7. The van der Waals surface area contributed by atoms with Crippen molar-refractivity contribution in [3.8, 4) is 0 Å². The van der Waals surface area contributed by atoms with Gasteiger partial charge in [0.05, 0.1) is 18.4 Å². The molecule has 0 saturated carbocycles. The maximum atomic E-state index is 11.7. The zero-order valence-corrected chi connectivity index (χ0v) is 10.7. The van der Waals surface area contributed by atoms with Gasteiger partial charge in [-0.2, -0.15) is 0 Å². The van der Waals surface area contributed by atoms with Crippen LogP contribution < -0.4 is 5.32 Å². The van der Waals surface area contributed by atoms with Crippen LogP contribution in [-0.2, 0) is 9.53 Å². The molecule has 1 atom stereocenters. The molecular formula is C13H19NO4. The predicted octanol–water partition coefficient (Wildman–Crippen LogP) is 1.20. The number of aliphatic hydroxyl groups excluding tert-OH is 1. The van der Waals surface area contributed by atoms with Gasteiger partial charge in [-0.25, -0.2) is 0 Å². The highest BCUT2D eigenvalue weighted by atomic mass is 16.5. The van der Waals surface area contributed by atoms with Gasteiger partial charge >= 0.3 is 0 Å². The van der Waals surface area contributed by atoms with Crippen molar-refractivity contribution in [1.82, 2.24) is 5.32 Å². The number of aliphatic hydroxyl groups is 1. The minimum absolute atomic E-state index is 0.0119. The zero-order chi connectivity index (χ0) is 13.4. The minimum Gasteiger partial charge on any atom is -0.465 e. The van der Waals surface area contributed by atoms with E-state index in [1.165, 1.54) is 6.08 Å². The first kappa shape index (κ1) is 14.5. The summed E-state index contributed by atoms with van der Waals surface area (Å²) in [6, 6.07) is 3.50. The summed E-state index contributed by atoms with van der Waals surface area (Å²) in [4.78, 5) is 11.7. The molecule has 0 fully saturated rings. The first-order valence-electron chi connectivity index (χ1n) is 5.73. The maximum absolute atomic E-state index is 11.7. The Kier molecular flexibility index (Phi) is 5.61. The Morgan fingerprint density at radius 3 is 3.00 bits per heavy atom. The summed E-state index contributed by atoms with van der Waals surface area (Å²) in [7, 11) is 1.56. The lowest BCUT2D eigenvalue weighted by Gasteiger charge is -2.28. The van der Waals surface area contributed by atoms with Crippen LogP contribution in [0.15, 0.2) is 28.9 Å². The van der Waals surface area contributed by atoms with Crippen LogP contribution in [0.4, 0.5) is 0 Å². The molecule has 0 saturated heterocycles. The number of hydrogen-bond acceptors (Lipinski definition) is 4. The van der Waals surface area contributed by atoms with Crippen LogP contribution >= 0.6 is 0 Å². The molecule has 0 radical (unpaired) electrons. The third-order valence-electron chi connectivity index (χ3n) is 2.49. The first-order chi connectivity index (χ1) is 8.59. The molecular weight excluding hydrogens is 234 g/mol. The number of methoxy groups -OCH3 is 1. The van der Waals surface area contributed by atoms with E-state index in [1.54, 1.807) is 31.6 Å². The van der Waals surface area contributed by atoms with Crippen molar-refractivity contribution in [1.29, 1.82) is 0 Å². The van der Waals surface area contributed by atoms with Gasteiger partial charge in [0, 0.05) is 19.8 Å². The lowest BCUT2D eigenvalue weighted by Crippen LogP contribution is -2.49. The largest absolute Gasteiger partial charge is 0.465 e. The molecule has 0 aromatic carbocycles. The molecule has 1 heterocycles. The summed E-state index contributed by atoms with van der Waals surface area (Å²) < 4.78 is 10.1. The average molecular weight is 253 g/mol. The van der Waals surface area contributed by atoms with Gasteiger partial charge in [-0.05, 0) is 31.6 Å². The Labute approximate surface area is 106 Å². The molecule has 1 amide bonds. The molecule has 0 aliphatic rings. The van der Waals surface area contributed by atoms with E-state index in [0.717, 1.165) is 0 Å². The molecule has 2 N–H and O–H groups in total. The monoisotopic (exact) mass is 253 g/mol. The Morgan fingerprint density at radius 1 is 1.67 bits per heavy atom. The van der Waals surface area contributed by atoms with Crippen LogP contribution in [-0.4, -0.2) is 36.9 Å². The van der Waals surface area contributed by atoms with Crippen LogP contribution in [0.25, 0.3) is 6.08 Å². The lowest BCUT2D eigenvalue weighted by molar-refractivity contribution is -0.119. The van der Waals surface area contributed by atoms with Crippen LogP contribution in [0.1, 0.15) is 19.1 Å². The summed E-state index contributed by atoms with van der Waals surface area (Å²) in [6.07, 6.45) is 4.95. The second-order valence-electron chi connectivity index (χ2n) is 4.31. The van der Waals surface area contributed by atoms with Gasteiger partial charge in [-0.1, -0.05) is 0 Å². The Bertz CT molecular complexity index is 378. The number of carbonyl (C=O) groups excluding carboxylic acids is 1. The molecule has 1 unspecified atom stereocenters. The van der Waals surface area contributed by atoms with Crippen LogP contribution in [0.2, 0.25) is 0 Å². The normalized spacial score (nSPS) is 14.6. The van der Waals surface area contributed by atoms with Crippen molar-refractivity contribution in [3.05, 3.63) is 30.2 Å². The van der Waals surface area contributed by atoms with Crippen LogP contribution in [0.5, 0.6) is 0 Å². The van der Waals surface area contributed by atoms with Gasteiger partial charge in [0.25, 0.3) is 0 Å². The smallest absolute Gasteiger partial charge is 0.244 e. The maximum Gasteiger partial charge on any atom is 0.244 e. The highest BCUT2D eigenvalue weighted by Crippen LogP contribution is 2.10. The van der Waals surface area contributed by atoms with Crippen molar-refractivity contribution < 1.29 is 19.1 Å². The van der Waals surface area contributed by atoms with Gasteiger partial charge < -0.3 is 19.6 Å². The number of amides is 1. The molecule has 5 heteroatoms. The number of ether oxygens (including phenoxy) is 1. The molecule has 0 bridgehead atoms. The Hall–Kier alpha value is -1.59. The molecule has 0 aliphatic heterocycles. The molecule has 1 aromatic heterocycles. The molecule has 1 rings (SSSR count). The summed E-state index contributed by atoms with van der Waals surface area (Å²) in [5, 5.41) is 11.8. The van der Waals surface area contributed by atoms with E-state index in [2.05, 4.69) is 5.32 Å². The second-order valence-corrected chi connectivity index (χ2v) is 4.31. The number of rotatable bonds is 7. The molecule has 18 heavy (non-hydrogen) atoms. The lowest BCUT2D eigenvalue weighted by atomic mass is 9.99. The number of hydrogen-bond donors (Lipinski definition) is 2. The fourth-order valence-electron chi connectivity index (χ4n) is 1.62. The predicted molar refractivity (Wildman–Crippen MR) is 67.9 cm³/mol. The molecule has 5 nitrogen and oxygen atoms in total. The number of nitrogens with one attached hydrogen (secondary N) is 1. The topological polar surface area (TPSA) is 71.7 Å². The van der Waals surface area contributed by atoms with E-state index in [-0.39, 0.29) is 12.5 Å². The summed E-state index contributed by atoms with van der Waals surface area (Å²) >= 11 is 0. The van der Waals surface area contributed by atoms with E-state index in [9.17, 15) is 4.79 Å².